The van der Waals surface area contributed by atoms with Crippen LogP contribution in [0, 0.1) is 5.41 Å². The molecule has 0 saturated heterocycles. The number of hydrogen-bond acceptors (Lipinski definition) is 3. The highest BCUT2D eigenvalue weighted by molar-refractivity contribution is 8.13. The number of nitrogens with one attached hydrogen (secondary N) is 1. The zero-order valence-corrected chi connectivity index (χ0v) is 13.7. The Labute approximate surface area is 111 Å². The highest BCUT2D eigenvalue weighted by Crippen LogP contribution is 2.42. The van der Waals surface area contributed by atoms with E-state index in [4.69, 9.17) is 16.5 Å². The molecule has 0 saturated carbocycles. The van der Waals surface area contributed by atoms with E-state index in [9.17, 15) is 4.79 Å². The molecule has 0 aliphatic heterocycles. The molecule has 0 aromatic carbocycles. The van der Waals surface area contributed by atoms with Crippen LogP contribution in [0.2, 0.25) is 0 Å². The lowest BCUT2D eigenvalue weighted by Crippen LogP contribution is -2.36. The summed E-state index contributed by atoms with van der Waals surface area (Å²) in [5.74, 6) is -0.211. The minimum Gasteiger partial charge on any atom is -0.464 e. The Morgan fingerprint density at radius 2 is 1.82 bits per heavy atom. The van der Waals surface area contributed by atoms with E-state index in [0.29, 0.717) is 12.3 Å². The maximum absolute atomic E-state index is 11.8. The van der Waals surface area contributed by atoms with Gasteiger partial charge in [-0.25, -0.2) is 0 Å². The lowest BCUT2D eigenvalue weighted by molar-refractivity contribution is -0.147. The monoisotopic (exact) mass is 279 g/mol. The van der Waals surface area contributed by atoms with E-state index >= 15 is 0 Å². The van der Waals surface area contributed by atoms with Crippen LogP contribution >= 0.6 is 6.19 Å². The summed E-state index contributed by atoms with van der Waals surface area (Å²) >= 11 is 5.51. The summed E-state index contributed by atoms with van der Waals surface area (Å²) in [6.07, 6.45) is -1.66. The van der Waals surface area contributed by atoms with E-state index < -0.39 is 6.19 Å². The molecule has 0 bridgehead atoms. The van der Waals surface area contributed by atoms with Crippen LogP contribution in [0.1, 0.15) is 41.5 Å². The molecule has 0 aromatic rings. The second-order valence-corrected chi connectivity index (χ2v) is 11.7. The number of hydrogen-bond donors (Lipinski definition) is 1. The fraction of sp³-hybridized carbons (Fsp3) is 0.917. The van der Waals surface area contributed by atoms with Crippen molar-refractivity contribution < 1.29 is 9.53 Å². The van der Waals surface area contributed by atoms with Gasteiger partial charge in [0.25, 0.3) is 0 Å². The van der Waals surface area contributed by atoms with Gasteiger partial charge in [0.2, 0.25) is 0 Å². The average molecular weight is 279 g/mol. The molecule has 1 unspecified atom stereocenters. The van der Waals surface area contributed by atoms with Crippen molar-refractivity contribution in [3.8, 4) is 0 Å². The Morgan fingerprint density at radius 1 is 1.35 bits per heavy atom. The first kappa shape index (κ1) is 17.1. The molecule has 3 nitrogen and oxygen atoms in total. The van der Waals surface area contributed by atoms with Crippen molar-refractivity contribution in [2.45, 2.75) is 53.2 Å². The van der Waals surface area contributed by atoms with Crippen LogP contribution < -0.4 is 5.09 Å². The number of esters is 1. The summed E-state index contributed by atoms with van der Waals surface area (Å²) in [4.78, 5) is 11.8. The van der Waals surface area contributed by atoms with Crippen molar-refractivity contribution in [3.63, 3.8) is 0 Å². The third-order valence-electron chi connectivity index (χ3n) is 2.44. The summed E-state index contributed by atoms with van der Waals surface area (Å²) in [6, 6.07) is -0.324. The first-order valence-electron chi connectivity index (χ1n) is 5.97. The molecule has 0 fully saturated rings. The zero-order valence-electron chi connectivity index (χ0n) is 12.0. The Balaban J connectivity index is 4.29. The van der Waals surface area contributed by atoms with Gasteiger partial charge < -0.3 is 4.74 Å². The molecule has 0 amide bonds. The van der Waals surface area contributed by atoms with Gasteiger partial charge in [-0.3, -0.25) is 9.88 Å². The van der Waals surface area contributed by atoms with E-state index in [1.165, 1.54) is 0 Å². The first-order valence-corrected chi connectivity index (χ1v) is 9.29. The van der Waals surface area contributed by atoms with Crippen molar-refractivity contribution in [2.75, 3.05) is 13.3 Å². The summed E-state index contributed by atoms with van der Waals surface area (Å²) in [5.41, 5.74) is 0.384. The van der Waals surface area contributed by atoms with Crippen molar-refractivity contribution in [1.82, 2.24) is 5.09 Å². The summed E-state index contributed by atoms with van der Waals surface area (Å²) in [7, 11) is 0. The van der Waals surface area contributed by atoms with Gasteiger partial charge in [-0.2, -0.15) is 0 Å². The quantitative estimate of drug-likeness (QED) is 0.620. The van der Waals surface area contributed by atoms with Gasteiger partial charge in [0, 0.05) is 6.19 Å². The second kappa shape index (κ2) is 6.31. The van der Waals surface area contributed by atoms with Crippen molar-refractivity contribution in [1.29, 1.82) is 0 Å². The van der Waals surface area contributed by atoms with Gasteiger partial charge in [0.15, 0.2) is 0 Å². The van der Waals surface area contributed by atoms with E-state index in [1.807, 2.05) is 34.4 Å². The molecule has 0 spiro atoms. The minimum atomic E-state index is -1.66. The molecule has 102 valence electrons. The van der Waals surface area contributed by atoms with Crippen LogP contribution in [0.25, 0.3) is 0 Å². The first-order chi connectivity index (χ1) is 7.46. The minimum absolute atomic E-state index is 0.000160. The van der Waals surface area contributed by atoms with Gasteiger partial charge in [-0.05, 0) is 24.7 Å². The molecule has 17 heavy (non-hydrogen) atoms. The Morgan fingerprint density at radius 3 is 2.18 bits per heavy atom. The van der Waals surface area contributed by atoms with Crippen LogP contribution in [0.3, 0.4) is 0 Å². The number of carbonyl (C=O) groups excluding carboxylic acids is 1. The topological polar surface area (TPSA) is 38.3 Å². The molecule has 0 heterocycles. The standard InChI is InChI=1S/C12H26NO2PS/c1-9(2)16(7,17)13-10(3)11(14)15-8-12(4,5)6/h9-10H,8H2,1-7H3,(H,13,17)/t10-,16?/m1/s1. The van der Waals surface area contributed by atoms with Crippen molar-refractivity contribution in [3.05, 3.63) is 0 Å². The van der Waals surface area contributed by atoms with E-state index in [-0.39, 0.29) is 17.4 Å². The molecule has 2 atom stereocenters. The van der Waals surface area contributed by atoms with Crippen LogP contribution in [-0.4, -0.2) is 30.9 Å². The second-order valence-electron chi connectivity index (χ2n) is 6.10. The summed E-state index contributed by atoms with van der Waals surface area (Å²) in [5, 5.41) is 3.24. The molecule has 0 aromatic heterocycles. The Hall–Kier alpha value is 0.0800. The summed E-state index contributed by atoms with van der Waals surface area (Å²) < 4.78 is 5.26. The van der Waals surface area contributed by atoms with Crippen LogP contribution in [0.5, 0.6) is 0 Å². The number of rotatable bonds is 5. The van der Waals surface area contributed by atoms with E-state index in [1.54, 1.807) is 0 Å². The lowest BCUT2D eigenvalue weighted by atomic mass is 9.99. The largest absolute Gasteiger partial charge is 0.464 e. The van der Waals surface area contributed by atoms with E-state index in [0.717, 1.165) is 0 Å². The van der Waals surface area contributed by atoms with Crippen molar-refractivity contribution >= 4 is 24.0 Å². The normalized spacial score (nSPS) is 17.6. The highest BCUT2D eigenvalue weighted by atomic mass is 32.4. The molecule has 0 aliphatic carbocycles. The van der Waals surface area contributed by atoms with Crippen LogP contribution in [-0.2, 0) is 21.3 Å². The zero-order chi connectivity index (χ0) is 13.9. The van der Waals surface area contributed by atoms with Gasteiger partial charge in [-0.1, -0.05) is 46.4 Å². The van der Waals surface area contributed by atoms with Gasteiger partial charge in [0.1, 0.15) is 6.04 Å². The van der Waals surface area contributed by atoms with Crippen LogP contribution in [0.4, 0.5) is 0 Å². The smallest absolute Gasteiger partial charge is 0.323 e. The maximum Gasteiger partial charge on any atom is 0.323 e. The van der Waals surface area contributed by atoms with Crippen molar-refractivity contribution in [2.24, 2.45) is 5.41 Å². The number of ether oxygens (including phenoxy) is 1. The molecule has 0 aliphatic rings. The molecule has 0 radical (unpaired) electrons. The molecule has 0 rings (SSSR count). The average Bonchev–Trinajstić information content (AvgIpc) is 2.11. The van der Waals surface area contributed by atoms with Gasteiger partial charge >= 0.3 is 5.97 Å². The number of carbonyl (C=O) groups is 1. The van der Waals surface area contributed by atoms with Crippen LogP contribution in [0.15, 0.2) is 0 Å². The molecule has 5 heteroatoms. The maximum atomic E-state index is 11.8. The molecule has 1 N–H and O–H groups in total. The Kier molecular flexibility index (Phi) is 6.34. The Bertz CT molecular complexity index is 310. The fourth-order valence-corrected chi connectivity index (χ4v) is 2.65. The predicted octanol–water partition coefficient (Wildman–Crippen LogP) is 2.99. The molecular weight excluding hydrogens is 253 g/mol. The highest BCUT2D eigenvalue weighted by Gasteiger charge is 2.24. The third-order valence-corrected chi connectivity index (χ3v) is 6.89. The fourth-order valence-electron chi connectivity index (χ4n) is 0.999. The van der Waals surface area contributed by atoms with Gasteiger partial charge in [-0.15, -0.1) is 0 Å². The third kappa shape index (κ3) is 7.17. The predicted molar refractivity (Wildman–Crippen MR) is 78.4 cm³/mol. The summed E-state index contributed by atoms with van der Waals surface area (Å²) in [6.45, 7) is 14.6. The molecular formula is C12H26NO2PS. The van der Waals surface area contributed by atoms with Gasteiger partial charge in [0.05, 0.1) is 6.61 Å². The SMILES string of the molecule is CC(C)P(C)(=S)N[C@H](C)C(=O)OCC(C)(C)C. The lowest BCUT2D eigenvalue weighted by Gasteiger charge is -2.27. The van der Waals surface area contributed by atoms with E-state index in [2.05, 4.69) is 18.9 Å².